The van der Waals surface area contributed by atoms with Crippen molar-refractivity contribution in [1.82, 2.24) is 0 Å². The number of aliphatic hydroxyl groups excluding tert-OH is 2. The molecule has 5 atom stereocenters. The zero-order valence-electron chi connectivity index (χ0n) is 18.6. The van der Waals surface area contributed by atoms with E-state index < -0.39 is 17.8 Å². The first-order valence-electron chi connectivity index (χ1n) is 11.0. The summed E-state index contributed by atoms with van der Waals surface area (Å²) in [6.07, 6.45) is 9.58. The number of hydrogen-bond donors (Lipinski definition) is 2. The van der Waals surface area contributed by atoms with Crippen molar-refractivity contribution < 1.29 is 29.3 Å². The highest BCUT2D eigenvalue weighted by molar-refractivity contribution is 5.84. The highest BCUT2D eigenvalue weighted by Crippen LogP contribution is 2.35. The van der Waals surface area contributed by atoms with Crippen molar-refractivity contribution in [2.75, 3.05) is 14.2 Å². The summed E-state index contributed by atoms with van der Waals surface area (Å²) in [5.41, 5.74) is -0.671. The Kier molecular flexibility index (Phi) is 11.7. The van der Waals surface area contributed by atoms with Gasteiger partial charge in [0.25, 0.3) is 0 Å². The van der Waals surface area contributed by atoms with E-state index in [4.69, 9.17) is 4.74 Å². The highest BCUT2D eigenvalue weighted by atomic mass is 16.5. The van der Waals surface area contributed by atoms with Crippen LogP contribution in [0.15, 0.2) is 12.2 Å². The van der Waals surface area contributed by atoms with Crippen molar-refractivity contribution in [3.8, 4) is 0 Å². The van der Waals surface area contributed by atoms with Crippen LogP contribution in [0.3, 0.4) is 0 Å². The lowest BCUT2D eigenvalue weighted by Gasteiger charge is -2.32. The molecule has 1 saturated carbocycles. The molecule has 0 saturated heterocycles. The third kappa shape index (κ3) is 8.19. The molecule has 0 heterocycles. The number of methoxy groups -OCH3 is 2. The molecule has 0 aromatic carbocycles. The normalized spacial score (nSPS) is 25.3. The Morgan fingerprint density at radius 1 is 1.24 bits per heavy atom. The largest absolute Gasteiger partial charge is 0.469 e. The van der Waals surface area contributed by atoms with E-state index in [0.717, 1.165) is 51.4 Å². The highest BCUT2D eigenvalue weighted by Gasteiger charge is 2.40. The smallest absolute Gasteiger partial charge is 0.305 e. The van der Waals surface area contributed by atoms with E-state index in [2.05, 4.69) is 11.7 Å². The molecule has 1 unspecified atom stereocenters. The van der Waals surface area contributed by atoms with Gasteiger partial charge in [0, 0.05) is 31.8 Å². The van der Waals surface area contributed by atoms with Gasteiger partial charge in [0.15, 0.2) is 0 Å². The van der Waals surface area contributed by atoms with Crippen molar-refractivity contribution in [2.24, 2.45) is 11.8 Å². The van der Waals surface area contributed by atoms with Crippen molar-refractivity contribution in [3.63, 3.8) is 0 Å². The maximum absolute atomic E-state index is 12.3. The van der Waals surface area contributed by atoms with E-state index in [1.54, 1.807) is 13.2 Å². The fourth-order valence-corrected chi connectivity index (χ4v) is 4.02. The lowest BCUT2D eigenvalue weighted by molar-refractivity contribution is -0.140. The number of aliphatic hydroxyl groups is 2. The summed E-state index contributed by atoms with van der Waals surface area (Å²) in [6, 6.07) is 0. The second-order valence-corrected chi connectivity index (χ2v) is 8.40. The van der Waals surface area contributed by atoms with E-state index in [-0.39, 0.29) is 30.0 Å². The van der Waals surface area contributed by atoms with Crippen LogP contribution in [0.4, 0.5) is 0 Å². The number of Topliss-reactive ketones (excluding diaryl/α,β-unsaturated/α-hetero) is 1. The first kappa shape index (κ1) is 25.8. The summed E-state index contributed by atoms with van der Waals surface area (Å²) in [4.78, 5) is 23.5. The topological polar surface area (TPSA) is 93.1 Å². The summed E-state index contributed by atoms with van der Waals surface area (Å²) in [7, 11) is 2.99. The first-order valence-corrected chi connectivity index (χ1v) is 11.0. The van der Waals surface area contributed by atoms with Crippen LogP contribution < -0.4 is 0 Å². The Bertz CT molecular complexity index is 531. The Morgan fingerprint density at radius 2 is 1.93 bits per heavy atom. The summed E-state index contributed by atoms with van der Waals surface area (Å²) in [5.74, 6) is -0.570. The molecule has 0 spiro atoms. The first-order chi connectivity index (χ1) is 13.8. The molecule has 0 aliphatic heterocycles. The molecule has 1 aliphatic carbocycles. The number of carbonyl (C=O) groups excluding carboxylic acids is 2. The predicted molar refractivity (Wildman–Crippen MR) is 112 cm³/mol. The van der Waals surface area contributed by atoms with Crippen molar-refractivity contribution in [3.05, 3.63) is 12.2 Å². The van der Waals surface area contributed by atoms with Crippen molar-refractivity contribution >= 4 is 11.8 Å². The zero-order chi connectivity index (χ0) is 21.9. The van der Waals surface area contributed by atoms with Crippen LogP contribution in [0.25, 0.3) is 0 Å². The van der Waals surface area contributed by atoms with Crippen LogP contribution in [0.5, 0.6) is 0 Å². The average Bonchev–Trinajstić information content (AvgIpc) is 2.98. The number of hydrogen-bond acceptors (Lipinski definition) is 6. The number of rotatable bonds is 14. The maximum Gasteiger partial charge on any atom is 0.305 e. The molecule has 0 radical (unpaired) electrons. The van der Waals surface area contributed by atoms with Gasteiger partial charge in [0.1, 0.15) is 11.9 Å². The van der Waals surface area contributed by atoms with Gasteiger partial charge in [-0.1, -0.05) is 51.2 Å². The summed E-state index contributed by atoms with van der Waals surface area (Å²) in [5, 5.41) is 21.0. The fourth-order valence-electron chi connectivity index (χ4n) is 4.02. The van der Waals surface area contributed by atoms with E-state index in [9.17, 15) is 19.8 Å². The van der Waals surface area contributed by atoms with Gasteiger partial charge in [0.2, 0.25) is 0 Å². The minimum absolute atomic E-state index is 0.0942. The van der Waals surface area contributed by atoms with Crippen LogP contribution in [-0.4, -0.2) is 54.0 Å². The van der Waals surface area contributed by atoms with Crippen molar-refractivity contribution in [1.29, 1.82) is 0 Å². The summed E-state index contributed by atoms with van der Waals surface area (Å²) < 4.78 is 10.2. The molecular weight excluding hydrogens is 372 g/mol. The fraction of sp³-hybridized carbons (Fsp3) is 0.826. The molecule has 29 heavy (non-hydrogen) atoms. The van der Waals surface area contributed by atoms with E-state index in [1.165, 1.54) is 7.11 Å². The Hall–Kier alpha value is -1.24. The van der Waals surface area contributed by atoms with Gasteiger partial charge < -0.3 is 19.7 Å². The quantitative estimate of drug-likeness (QED) is 0.257. The molecular formula is C23H40O6. The second-order valence-electron chi connectivity index (χ2n) is 8.40. The lowest BCUT2D eigenvalue weighted by Crippen LogP contribution is -2.40. The summed E-state index contributed by atoms with van der Waals surface area (Å²) in [6.45, 7) is 3.98. The average molecular weight is 413 g/mol. The number of carbonyl (C=O) groups is 2. The zero-order valence-corrected chi connectivity index (χ0v) is 18.6. The van der Waals surface area contributed by atoms with Gasteiger partial charge >= 0.3 is 5.97 Å². The third-order valence-corrected chi connectivity index (χ3v) is 6.24. The second kappa shape index (κ2) is 13.1. The van der Waals surface area contributed by atoms with E-state index in [0.29, 0.717) is 6.42 Å². The minimum atomic E-state index is -0.791. The van der Waals surface area contributed by atoms with Crippen LogP contribution >= 0.6 is 0 Å². The molecule has 1 fully saturated rings. The molecule has 2 N–H and O–H groups in total. The molecule has 168 valence electrons. The molecule has 6 nitrogen and oxygen atoms in total. The predicted octanol–water partition coefficient (Wildman–Crippen LogP) is 3.58. The van der Waals surface area contributed by atoms with Gasteiger partial charge in [-0.15, -0.1) is 0 Å². The van der Waals surface area contributed by atoms with Crippen LogP contribution in [0.1, 0.15) is 78.1 Å². The van der Waals surface area contributed by atoms with Crippen LogP contribution in [-0.2, 0) is 19.1 Å². The maximum atomic E-state index is 12.3. The number of esters is 1. The summed E-state index contributed by atoms with van der Waals surface area (Å²) >= 11 is 0. The Labute approximate surface area is 175 Å². The van der Waals surface area contributed by atoms with Crippen molar-refractivity contribution in [2.45, 2.75) is 95.9 Å². The molecule has 0 aromatic rings. The molecule has 0 amide bonds. The van der Waals surface area contributed by atoms with E-state index >= 15 is 0 Å². The van der Waals surface area contributed by atoms with Gasteiger partial charge in [-0.05, 0) is 26.2 Å². The number of ether oxygens (including phenoxy) is 2. The van der Waals surface area contributed by atoms with Gasteiger partial charge in [0.05, 0.1) is 18.8 Å². The molecule has 1 aliphatic rings. The van der Waals surface area contributed by atoms with Crippen LogP contribution in [0, 0.1) is 11.8 Å². The lowest BCUT2D eigenvalue weighted by atomic mass is 9.86. The Morgan fingerprint density at radius 3 is 2.55 bits per heavy atom. The Balaban J connectivity index is 2.57. The van der Waals surface area contributed by atoms with Crippen LogP contribution in [0.2, 0.25) is 0 Å². The van der Waals surface area contributed by atoms with Gasteiger partial charge in [-0.3, -0.25) is 9.59 Å². The standard InChI is InChI=1S/C23H40O6/c1-5-6-15-23(2,29-4)21(26)14-13-18-17(19(24)16-20(18)25)11-9-7-8-10-12-22(27)28-3/h13-14,17-18,20-21,25-26H,5-12,15-16H2,1-4H3/b14-13+/t17-,18-,20-,21-,23?/m1/s1. The van der Waals surface area contributed by atoms with Gasteiger partial charge in [-0.25, -0.2) is 0 Å². The van der Waals surface area contributed by atoms with E-state index in [1.807, 2.05) is 13.0 Å². The molecule has 0 aromatic heterocycles. The van der Waals surface area contributed by atoms with Gasteiger partial charge in [-0.2, -0.15) is 0 Å². The third-order valence-electron chi connectivity index (χ3n) is 6.24. The molecule has 0 bridgehead atoms. The number of unbranched alkanes of at least 4 members (excludes halogenated alkanes) is 4. The molecule has 1 rings (SSSR count). The number of ketones is 1. The molecule has 6 heteroatoms. The SMILES string of the molecule is CCCCC(C)(OC)[C@H](O)/C=C/[C@H]1[C@H](O)CC(=O)[C@@H]1CCCCCCC(=O)OC. The monoisotopic (exact) mass is 412 g/mol. The minimum Gasteiger partial charge on any atom is -0.469 e.